The third-order valence-corrected chi connectivity index (χ3v) is 4.19. The molecule has 136 valence electrons. The molecular weight excluding hydrogens is 358 g/mol. The van der Waals surface area contributed by atoms with E-state index in [1.54, 1.807) is 28.8 Å². The van der Waals surface area contributed by atoms with Crippen molar-refractivity contribution < 1.29 is 14.6 Å². The number of hydrogen-bond donors (Lipinski definition) is 3. The topological polar surface area (TPSA) is 115 Å². The second-order valence-electron chi connectivity index (χ2n) is 5.62. The number of phenols is 1. The molecule has 8 nitrogen and oxygen atoms in total. The maximum Gasteiger partial charge on any atom is 0.235 e. The van der Waals surface area contributed by atoms with Crippen molar-refractivity contribution in [2.45, 2.75) is 13.0 Å². The molecule has 0 bridgehead atoms. The number of hydrogen-bond acceptors (Lipinski definition) is 6. The number of methoxy groups -OCH3 is 1. The zero-order chi connectivity index (χ0) is 18.7. The van der Waals surface area contributed by atoms with Gasteiger partial charge in [0.15, 0.2) is 5.65 Å². The third-order valence-electron chi connectivity index (χ3n) is 3.88. The Bertz CT molecular complexity index is 957. The van der Waals surface area contributed by atoms with Gasteiger partial charge in [0.25, 0.3) is 0 Å². The number of amides is 1. The number of ether oxygens (including phenoxy) is 1. The maximum atomic E-state index is 11.9. The van der Waals surface area contributed by atoms with Gasteiger partial charge in [-0.3, -0.25) is 14.5 Å². The van der Waals surface area contributed by atoms with Crippen LogP contribution < -0.4 is 11.1 Å². The summed E-state index contributed by atoms with van der Waals surface area (Å²) >= 11 is 6.27. The van der Waals surface area contributed by atoms with Crippen molar-refractivity contribution in [1.29, 1.82) is 0 Å². The largest absolute Gasteiger partial charge is 0.508 e. The number of nitrogens with one attached hydrogen (secondary N) is 1. The summed E-state index contributed by atoms with van der Waals surface area (Å²) in [7, 11) is 1.53. The van der Waals surface area contributed by atoms with Gasteiger partial charge >= 0.3 is 0 Å². The van der Waals surface area contributed by atoms with E-state index in [2.05, 4.69) is 15.5 Å². The number of carbonyl (C=O) groups excluding carboxylic acids is 1. The van der Waals surface area contributed by atoms with Gasteiger partial charge in [-0.15, -0.1) is 10.2 Å². The molecule has 0 aliphatic rings. The fourth-order valence-corrected chi connectivity index (χ4v) is 2.85. The Kier molecular flexibility index (Phi) is 5.36. The number of anilines is 1. The molecule has 0 saturated carbocycles. The van der Waals surface area contributed by atoms with E-state index < -0.39 is 0 Å². The van der Waals surface area contributed by atoms with Crippen molar-refractivity contribution in [3.63, 3.8) is 0 Å². The molecule has 1 aromatic carbocycles. The van der Waals surface area contributed by atoms with Crippen LogP contribution in [0.25, 0.3) is 16.8 Å². The number of rotatable bonds is 6. The molecule has 9 heteroatoms. The van der Waals surface area contributed by atoms with Crippen LogP contribution in [-0.4, -0.2) is 39.3 Å². The average molecular weight is 376 g/mol. The van der Waals surface area contributed by atoms with Gasteiger partial charge in [0.2, 0.25) is 11.9 Å². The summed E-state index contributed by atoms with van der Waals surface area (Å²) in [6, 6.07) is 6.50. The summed E-state index contributed by atoms with van der Waals surface area (Å²) < 4.78 is 6.55. The lowest BCUT2D eigenvalue weighted by atomic mass is 10.0. The first-order valence-corrected chi connectivity index (χ1v) is 8.26. The zero-order valence-corrected chi connectivity index (χ0v) is 14.8. The average Bonchev–Trinajstić information content (AvgIpc) is 3.00. The maximum absolute atomic E-state index is 11.9. The number of carbonyl (C=O) groups is 1. The number of fused-ring (bicyclic) bond motifs is 1. The monoisotopic (exact) mass is 375 g/mol. The van der Waals surface area contributed by atoms with E-state index in [0.29, 0.717) is 28.8 Å². The van der Waals surface area contributed by atoms with E-state index in [1.807, 2.05) is 0 Å². The van der Waals surface area contributed by atoms with Crippen LogP contribution in [0.4, 0.5) is 5.95 Å². The van der Waals surface area contributed by atoms with Crippen LogP contribution in [0, 0.1) is 0 Å². The van der Waals surface area contributed by atoms with Crippen molar-refractivity contribution in [2.75, 3.05) is 19.0 Å². The molecule has 2 heterocycles. The number of nitrogens with zero attached hydrogens (tertiary/aromatic N) is 3. The number of aromatic hydroxyl groups is 1. The van der Waals surface area contributed by atoms with Crippen molar-refractivity contribution in [3.05, 3.63) is 41.0 Å². The number of aromatic nitrogens is 3. The summed E-state index contributed by atoms with van der Waals surface area (Å²) in [6.07, 6.45) is 1.98. The first-order valence-electron chi connectivity index (χ1n) is 7.89. The van der Waals surface area contributed by atoms with Crippen molar-refractivity contribution >= 4 is 29.1 Å². The van der Waals surface area contributed by atoms with Crippen LogP contribution >= 0.6 is 11.6 Å². The normalized spacial score (nSPS) is 11.0. The van der Waals surface area contributed by atoms with E-state index in [4.69, 9.17) is 22.1 Å². The number of benzene rings is 1. The lowest BCUT2D eigenvalue weighted by Gasteiger charge is -2.12. The van der Waals surface area contributed by atoms with Crippen LogP contribution in [0.3, 0.4) is 0 Å². The lowest BCUT2D eigenvalue weighted by Crippen LogP contribution is -2.15. The molecule has 1 amide bonds. The van der Waals surface area contributed by atoms with E-state index in [0.717, 1.165) is 11.1 Å². The zero-order valence-electron chi connectivity index (χ0n) is 14.1. The molecule has 0 aliphatic carbocycles. The molecular formula is C17H18ClN5O3. The second-order valence-corrected chi connectivity index (χ2v) is 6.03. The first kappa shape index (κ1) is 18.1. The smallest absolute Gasteiger partial charge is 0.235 e. The van der Waals surface area contributed by atoms with Crippen LogP contribution in [0.5, 0.6) is 5.75 Å². The highest BCUT2D eigenvalue weighted by atomic mass is 35.5. The van der Waals surface area contributed by atoms with Gasteiger partial charge in [0.05, 0.1) is 18.1 Å². The van der Waals surface area contributed by atoms with E-state index >= 15 is 0 Å². The Morgan fingerprint density at radius 2 is 2.15 bits per heavy atom. The lowest BCUT2D eigenvalue weighted by molar-refractivity contribution is -0.117. The molecule has 0 saturated heterocycles. The molecule has 0 fully saturated rings. The van der Waals surface area contributed by atoms with Crippen LogP contribution in [0.2, 0.25) is 5.02 Å². The van der Waals surface area contributed by atoms with Gasteiger partial charge in [-0.1, -0.05) is 11.6 Å². The minimum absolute atomic E-state index is 0.0736. The van der Waals surface area contributed by atoms with E-state index in [1.165, 1.54) is 13.2 Å². The Balaban J connectivity index is 2.05. The standard InChI is InChI=1S/C17H18ClN5O3/c1-26-5-4-16(25)20-17-22-21-15-6-10(8-19)13(9-23(15)17)12-3-2-11(24)7-14(12)18/h2-3,6-7,9,24H,4-5,8,19H2,1H3,(H,20,22,25). The van der Waals surface area contributed by atoms with Gasteiger partial charge < -0.3 is 15.6 Å². The molecule has 0 unspecified atom stereocenters. The summed E-state index contributed by atoms with van der Waals surface area (Å²) in [4.78, 5) is 11.9. The van der Waals surface area contributed by atoms with Gasteiger partial charge in [-0.2, -0.15) is 0 Å². The SMILES string of the molecule is COCCC(=O)Nc1nnc2cc(CN)c(-c3ccc(O)cc3Cl)cn12. The minimum atomic E-state index is -0.228. The van der Waals surface area contributed by atoms with Crippen molar-refractivity contribution in [3.8, 4) is 16.9 Å². The third kappa shape index (κ3) is 3.62. The van der Waals surface area contributed by atoms with Crippen molar-refractivity contribution in [1.82, 2.24) is 14.6 Å². The number of phenolic OH excluding ortho intramolecular Hbond substituents is 1. The molecule has 0 aliphatic heterocycles. The predicted molar refractivity (Wildman–Crippen MR) is 98.1 cm³/mol. The Labute approximate surface area is 154 Å². The van der Waals surface area contributed by atoms with Crippen LogP contribution in [-0.2, 0) is 16.1 Å². The molecule has 3 aromatic rings. The molecule has 2 aromatic heterocycles. The van der Waals surface area contributed by atoms with Crippen LogP contribution in [0.15, 0.2) is 30.5 Å². The van der Waals surface area contributed by atoms with Crippen molar-refractivity contribution in [2.24, 2.45) is 5.73 Å². The molecule has 26 heavy (non-hydrogen) atoms. The predicted octanol–water partition coefficient (Wildman–Crippen LogP) is 2.19. The Morgan fingerprint density at radius 3 is 2.85 bits per heavy atom. The summed E-state index contributed by atoms with van der Waals surface area (Å²) in [6.45, 7) is 0.583. The van der Waals surface area contributed by atoms with Gasteiger partial charge in [-0.05, 0) is 29.8 Å². The molecule has 0 radical (unpaired) electrons. The quantitative estimate of drug-likeness (QED) is 0.608. The fraction of sp³-hybridized carbons (Fsp3) is 0.235. The van der Waals surface area contributed by atoms with E-state index in [-0.39, 0.29) is 24.6 Å². The Hall–Kier alpha value is -2.68. The summed E-state index contributed by atoms with van der Waals surface area (Å²) in [5.74, 6) is 0.138. The minimum Gasteiger partial charge on any atom is -0.508 e. The highest BCUT2D eigenvalue weighted by Gasteiger charge is 2.15. The fourth-order valence-electron chi connectivity index (χ4n) is 2.58. The highest BCUT2D eigenvalue weighted by molar-refractivity contribution is 6.33. The summed E-state index contributed by atoms with van der Waals surface area (Å²) in [5, 5.41) is 20.8. The Morgan fingerprint density at radius 1 is 1.35 bits per heavy atom. The van der Waals surface area contributed by atoms with E-state index in [9.17, 15) is 9.90 Å². The first-order chi connectivity index (χ1) is 12.5. The molecule has 3 rings (SSSR count). The van der Waals surface area contributed by atoms with Gasteiger partial charge in [-0.25, -0.2) is 0 Å². The number of pyridine rings is 1. The molecule has 4 N–H and O–H groups in total. The van der Waals surface area contributed by atoms with Gasteiger partial charge in [0, 0.05) is 31.0 Å². The number of nitrogens with two attached hydrogens (primary N) is 1. The second kappa shape index (κ2) is 7.69. The van der Waals surface area contributed by atoms with Crippen LogP contribution in [0.1, 0.15) is 12.0 Å². The van der Waals surface area contributed by atoms with Gasteiger partial charge in [0.1, 0.15) is 5.75 Å². The highest BCUT2D eigenvalue weighted by Crippen LogP contribution is 2.33. The molecule has 0 spiro atoms. The summed E-state index contributed by atoms with van der Waals surface area (Å²) in [5.41, 5.74) is 8.70. The molecule has 0 atom stereocenters. The number of halogens is 1.